The summed E-state index contributed by atoms with van der Waals surface area (Å²) in [7, 11) is -5.14. The summed E-state index contributed by atoms with van der Waals surface area (Å²) in [6.07, 6.45) is 2.80. The molecular formula is C9H15N3O4S2. The SMILES string of the molecule is CCS(=O)(=O)C1CN(S(=O)(=O)c2cn(C)cn2)C1. The van der Waals surface area contributed by atoms with Gasteiger partial charge >= 0.3 is 0 Å². The van der Waals surface area contributed by atoms with E-state index in [1.807, 2.05) is 0 Å². The molecule has 0 atom stereocenters. The second-order valence-electron chi connectivity index (χ2n) is 4.27. The highest BCUT2D eigenvalue weighted by Gasteiger charge is 2.43. The largest absolute Gasteiger partial charge is 0.339 e. The zero-order chi connectivity index (χ0) is 13.6. The number of rotatable bonds is 4. The summed E-state index contributed by atoms with van der Waals surface area (Å²) >= 11 is 0. The van der Waals surface area contributed by atoms with Crippen molar-refractivity contribution in [1.29, 1.82) is 0 Å². The smallest absolute Gasteiger partial charge is 0.262 e. The van der Waals surface area contributed by atoms with Gasteiger partial charge in [-0.05, 0) is 0 Å². The van der Waals surface area contributed by atoms with Crippen molar-refractivity contribution >= 4 is 19.9 Å². The van der Waals surface area contributed by atoms with Gasteiger partial charge < -0.3 is 4.57 Å². The Morgan fingerprint density at radius 3 is 2.39 bits per heavy atom. The average molecular weight is 293 g/mol. The molecule has 2 rings (SSSR count). The predicted molar refractivity (Wildman–Crippen MR) is 65.2 cm³/mol. The molecule has 2 heterocycles. The first-order chi connectivity index (χ1) is 8.27. The maximum Gasteiger partial charge on any atom is 0.262 e. The van der Waals surface area contributed by atoms with E-state index in [4.69, 9.17) is 0 Å². The lowest BCUT2D eigenvalue weighted by Gasteiger charge is -2.36. The Hall–Kier alpha value is -0.930. The van der Waals surface area contributed by atoms with Gasteiger partial charge in [-0.1, -0.05) is 6.92 Å². The number of hydrogen-bond donors (Lipinski definition) is 0. The van der Waals surface area contributed by atoms with Crippen molar-refractivity contribution in [2.24, 2.45) is 7.05 Å². The Kier molecular flexibility index (Phi) is 3.24. The fourth-order valence-electron chi connectivity index (χ4n) is 1.71. The van der Waals surface area contributed by atoms with E-state index in [0.29, 0.717) is 0 Å². The van der Waals surface area contributed by atoms with Gasteiger partial charge in [-0.25, -0.2) is 21.8 Å². The Balaban J connectivity index is 2.13. The minimum absolute atomic E-state index is 0.0229. The monoisotopic (exact) mass is 293 g/mol. The molecule has 9 heteroatoms. The van der Waals surface area contributed by atoms with Crippen LogP contribution in [0.15, 0.2) is 17.6 Å². The fourth-order valence-corrected chi connectivity index (χ4v) is 4.69. The minimum atomic E-state index is -3.65. The van der Waals surface area contributed by atoms with Gasteiger partial charge in [0, 0.05) is 32.1 Å². The van der Waals surface area contributed by atoms with Gasteiger partial charge in [0.05, 0.1) is 11.6 Å². The molecule has 0 bridgehead atoms. The Morgan fingerprint density at radius 2 is 1.94 bits per heavy atom. The third-order valence-corrected chi connectivity index (χ3v) is 6.85. The number of sulfonamides is 1. The molecular weight excluding hydrogens is 278 g/mol. The highest BCUT2D eigenvalue weighted by atomic mass is 32.2. The molecule has 0 spiro atoms. The lowest BCUT2D eigenvalue weighted by Crippen LogP contribution is -2.57. The molecule has 1 aliphatic heterocycles. The lowest BCUT2D eigenvalue weighted by atomic mass is 10.3. The van der Waals surface area contributed by atoms with E-state index in [1.165, 1.54) is 17.1 Å². The minimum Gasteiger partial charge on any atom is -0.339 e. The maximum atomic E-state index is 12.0. The molecule has 102 valence electrons. The number of nitrogens with zero attached hydrogens (tertiary/aromatic N) is 3. The van der Waals surface area contributed by atoms with Crippen LogP contribution >= 0.6 is 0 Å². The summed E-state index contributed by atoms with van der Waals surface area (Å²) in [6.45, 7) is 1.61. The summed E-state index contributed by atoms with van der Waals surface area (Å²) in [4.78, 5) is 3.78. The highest BCUT2D eigenvalue weighted by molar-refractivity contribution is 7.92. The maximum absolute atomic E-state index is 12.0. The predicted octanol–water partition coefficient (Wildman–Crippen LogP) is -0.772. The van der Waals surface area contributed by atoms with Crippen LogP contribution in [0, 0.1) is 0 Å². The third kappa shape index (κ3) is 2.17. The molecule has 1 fully saturated rings. The van der Waals surface area contributed by atoms with Gasteiger partial charge in [-0.15, -0.1) is 0 Å². The van der Waals surface area contributed by atoms with E-state index in [0.717, 1.165) is 4.31 Å². The molecule has 0 aromatic carbocycles. The van der Waals surface area contributed by atoms with Crippen LogP contribution in [0.5, 0.6) is 0 Å². The van der Waals surface area contributed by atoms with Crippen LogP contribution in [0.3, 0.4) is 0 Å². The topological polar surface area (TPSA) is 89.3 Å². The standard InChI is InChI=1S/C9H15N3O4S2/c1-3-17(13,14)8-4-12(5-8)18(15,16)9-6-11(2)7-10-9/h6-8H,3-5H2,1-2H3. The van der Waals surface area contributed by atoms with Gasteiger partial charge in [-0.3, -0.25) is 0 Å². The molecule has 0 N–H and O–H groups in total. The summed E-state index contributed by atoms with van der Waals surface area (Å²) in [5.41, 5.74) is 0. The number of sulfone groups is 1. The molecule has 1 aromatic rings. The van der Waals surface area contributed by atoms with Crippen LogP contribution in [-0.4, -0.2) is 54.8 Å². The number of aryl methyl sites for hydroxylation is 1. The molecule has 0 saturated carbocycles. The van der Waals surface area contributed by atoms with Crippen LogP contribution < -0.4 is 0 Å². The second-order valence-corrected chi connectivity index (χ2v) is 8.73. The first kappa shape index (κ1) is 13.5. The van der Waals surface area contributed by atoms with Crippen LogP contribution in [0.25, 0.3) is 0 Å². The summed E-state index contributed by atoms with van der Waals surface area (Å²) in [5, 5.41) is -0.627. The quantitative estimate of drug-likeness (QED) is 0.727. The van der Waals surface area contributed by atoms with E-state index >= 15 is 0 Å². The number of hydrogen-bond acceptors (Lipinski definition) is 5. The van der Waals surface area contributed by atoms with Gasteiger partial charge in [-0.2, -0.15) is 4.31 Å². The van der Waals surface area contributed by atoms with Gasteiger partial charge in [0.15, 0.2) is 14.9 Å². The summed E-state index contributed by atoms with van der Waals surface area (Å²) in [6, 6.07) is 0. The third-order valence-electron chi connectivity index (χ3n) is 3.01. The fraction of sp³-hybridized carbons (Fsp3) is 0.667. The zero-order valence-corrected chi connectivity index (χ0v) is 11.8. The van der Waals surface area contributed by atoms with Crippen molar-refractivity contribution in [3.63, 3.8) is 0 Å². The average Bonchev–Trinajstić information content (AvgIpc) is 2.62. The van der Waals surface area contributed by atoms with Crippen molar-refractivity contribution in [3.8, 4) is 0 Å². The molecule has 0 radical (unpaired) electrons. The number of aromatic nitrogens is 2. The van der Waals surface area contributed by atoms with E-state index < -0.39 is 25.1 Å². The molecule has 0 unspecified atom stereocenters. The molecule has 1 aliphatic rings. The first-order valence-corrected chi connectivity index (χ1v) is 8.62. The molecule has 7 nitrogen and oxygen atoms in total. The molecule has 1 aromatic heterocycles. The molecule has 0 amide bonds. The van der Waals surface area contributed by atoms with E-state index in [2.05, 4.69) is 4.98 Å². The van der Waals surface area contributed by atoms with Crippen molar-refractivity contribution < 1.29 is 16.8 Å². The zero-order valence-electron chi connectivity index (χ0n) is 10.1. The summed E-state index contributed by atoms with van der Waals surface area (Å²) in [5.74, 6) is 0.0368. The molecule has 1 saturated heterocycles. The van der Waals surface area contributed by atoms with Gasteiger partial charge in [0.1, 0.15) is 0 Å². The van der Waals surface area contributed by atoms with Crippen molar-refractivity contribution in [2.75, 3.05) is 18.8 Å². The molecule has 18 heavy (non-hydrogen) atoms. The summed E-state index contributed by atoms with van der Waals surface area (Å²) < 4.78 is 49.9. The normalized spacial score (nSPS) is 18.8. The first-order valence-electron chi connectivity index (χ1n) is 5.47. The van der Waals surface area contributed by atoms with Crippen molar-refractivity contribution in [2.45, 2.75) is 17.2 Å². The van der Waals surface area contributed by atoms with Crippen molar-refractivity contribution in [1.82, 2.24) is 13.9 Å². The second kappa shape index (κ2) is 4.32. The Morgan fingerprint density at radius 1 is 1.33 bits per heavy atom. The van der Waals surface area contributed by atoms with Gasteiger partial charge in [0.25, 0.3) is 10.0 Å². The highest BCUT2D eigenvalue weighted by Crippen LogP contribution is 2.24. The Labute approximate surface area is 106 Å². The van der Waals surface area contributed by atoms with Crippen LogP contribution in [0.1, 0.15) is 6.92 Å². The van der Waals surface area contributed by atoms with E-state index in [-0.39, 0.29) is 23.9 Å². The van der Waals surface area contributed by atoms with Crippen LogP contribution in [-0.2, 0) is 26.9 Å². The van der Waals surface area contributed by atoms with E-state index in [9.17, 15) is 16.8 Å². The van der Waals surface area contributed by atoms with Crippen LogP contribution in [0.2, 0.25) is 0 Å². The van der Waals surface area contributed by atoms with E-state index in [1.54, 1.807) is 14.0 Å². The molecule has 0 aliphatic carbocycles. The van der Waals surface area contributed by atoms with Crippen molar-refractivity contribution in [3.05, 3.63) is 12.5 Å². The number of imidazole rings is 1. The lowest BCUT2D eigenvalue weighted by molar-refractivity contribution is 0.309. The van der Waals surface area contributed by atoms with Crippen LogP contribution in [0.4, 0.5) is 0 Å². The van der Waals surface area contributed by atoms with Gasteiger partial charge in [0.2, 0.25) is 0 Å². The Bertz CT molecular complexity index is 641.